The summed E-state index contributed by atoms with van der Waals surface area (Å²) in [5.74, 6) is -0.873. The van der Waals surface area contributed by atoms with Crippen LogP contribution >= 0.6 is 0 Å². The van der Waals surface area contributed by atoms with Crippen molar-refractivity contribution in [2.45, 2.75) is 40.0 Å². The van der Waals surface area contributed by atoms with Gasteiger partial charge >= 0.3 is 5.97 Å². The number of phenols is 2. The van der Waals surface area contributed by atoms with E-state index in [1.807, 2.05) is 13.0 Å². The van der Waals surface area contributed by atoms with E-state index in [0.717, 1.165) is 12.8 Å². The lowest BCUT2D eigenvalue weighted by Gasteiger charge is -2.09. The third-order valence-electron chi connectivity index (χ3n) is 3.41. The minimum absolute atomic E-state index is 0.0292. The standard InChI is InChI=1S/C18H24O4/c1-12(2)6-5-7-13(3)8-9-14-16(19)11-10-15(17(14)20)18(21)22-4/h6,8,10-11,19-20H,5,7,9H2,1-4H3/b13-8+. The quantitative estimate of drug-likeness (QED) is 0.613. The Labute approximate surface area is 131 Å². The van der Waals surface area contributed by atoms with Crippen LogP contribution in [0.2, 0.25) is 0 Å². The SMILES string of the molecule is COC(=O)c1ccc(O)c(C/C=C(\C)CCC=C(C)C)c1O. The first-order valence-electron chi connectivity index (χ1n) is 7.28. The van der Waals surface area contributed by atoms with Crippen LogP contribution in [0.15, 0.2) is 35.4 Å². The van der Waals surface area contributed by atoms with Crippen LogP contribution in [-0.4, -0.2) is 23.3 Å². The van der Waals surface area contributed by atoms with E-state index in [1.165, 1.54) is 30.4 Å². The molecule has 0 atom stereocenters. The third kappa shape index (κ3) is 4.95. The van der Waals surface area contributed by atoms with E-state index in [0.29, 0.717) is 12.0 Å². The monoisotopic (exact) mass is 304 g/mol. The second kappa shape index (κ2) is 8.27. The van der Waals surface area contributed by atoms with Gasteiger partial charge in [-0.25, -0.2) is 4.79 Å². The highest BCUT2D eigenvalue weighted by Crippen LogP contribution is 2.32. The lowest BCUT2D eigenvalue weighted by Crippen LogP contribution is -2.03. The molecule has 1 aromatic rings. The van der Waals surface area contributed by atoms with Crippen molar-refractivity contribution in [3.05, 3.63) is 46.6 Å². The van der Waals surface area contributed by atoms with Gasteiger partial charge in [0.1, 0.15) is 17.1 Å². The maximum absolute atomic E-state index is 11.6. The van der Waals surface area contributed by atoms with Gasteiger partial charge in [-0.15, -0.1) is 0 Å². The summed E-state index contributed by atoms with van der Waals surface area (Å²) in [6, 6.07) is 2.75. The van der Waals surface area contributed by atoms with Gasteiger partial charge in [0.05, 0.1) is 7.11 Å². The normalized spacial score (nSPS) is 11.2. The molecule has 0 fully saturated rings. The predicted molar refractivity (Wildman–Crippen MR) is 87.2 cm³/mol. The van der Waals surface area contributed by atoms with Gasteiger partial charge in [0, 0.05) is 5.56 Å². The Morgan fingerprint density at radius 1 is 1.18 bits per heavy atom. The second-order valence-electron chi connectivity index (χ2n) is 5.53. The zero-order valence-electron chi connectivity index (χ0n) is 13.6. The number of esters is 1. The Balaban J connectivity index is 2.89. The average molecular weight is 304 g/mol. The molecule has 0 saturated carbocycles. The van der Waals surface area contributed by atoms with Crippen molar-refractivity contribution in [3.8, 4) is 11.5 Å². The number of benzene rings is 1. The van der Waals surface area contributed by atoms with Gasteiger partial charge in [-0.2, -0.15) is 0 Å². The molecular weight excluding hydrogens is 280 g/mol. The molecule has 4 heteroatoms. The number of allylic oxidation sites excluding steroid dienone is 4. The Morgan fingerprint density at radius 3 is 2.45 bits per heavy atom. The van der Waals surface area contributed by atoms with E-state index in [9.17, 15) is 15.0 Å². The van der Waals surface area contributed by atoms with Crippen LogP contribution in [-0.2, 0) is 11.2 Å². The van der Waals surface area contributed by atoms with E-state index in [4.69, 9.17) is 0 Å². The average Bonchev–Trinajstić information content (AvgIpc) is 2.46. The molecule has 4 nitrogen and oxygen atoms in total. The fourth-order valence-corrected chi connectivity index (χ4v) is 2.07. The van der Waals surface area contributed by atoms with Crippen molar-refractivity contribution in [2.24, 2.45) is 0 Å². The molecule has 0 bridgehead atoms. The zero-order valence-corrected chi connectivity index (χ0v) is 13.6. The molecule has 0 saturated heterocycles. The summed E-state index contributed by atoms with van der Waals surface area (Å²) in [6.45, 7) is 6.14. The Morgan fingerprint density at radius 2 is 1.86 bits per heavy atom. The van der Waals surface area contributed by atoms with Crippen molar-refractivity contribution >= 4 is 5.97 Å². The molecule has 22 heavy (non-hydrogen) atoms. The number of ether oxygens (including phenoxy) is 1. The highest BCUT2D eigenvalue weighted by molar-refractivity contribution is 5.93. The molecule has 1 rings (SSSR count). The second-order valence-corrected chi connectivity index (χ2v) is 5.53. The third-order valence-corrected chi connectivity index (χ3v) is 3.41. The largest absolute Gasteiger partial charge is 0.508 e. The summed E-state index contributed by atoms with van der Waals surface area (Å²) in [4.78, 5) is 11.6. The van der Waals surface area contributed by atoms with E-state index in [-0.39, 0.29) is 17.1 Å². The first-order chi connectivity index (χ1) is 10.4. The maximum atomic E-state index is 11.6. The van der Waals surface area contributed by atoms with E-state index in [1.54, 1.807) is 0 Å². The summed E-state index contributed by atoms with van der Waals surface area (Å²) in [5, 5.41) is 20.0. The first kappa shape index (κ1) is 17.8. The minimum Gasteiger partial charge on any atom is -0.508 e. The molecule has 0 aromatic heterocycles. The van der Waals surface area contributed by atoms with Gasteiger partial charge in [-0.3, -0.25) is 0 Å². The van der Waals surface area contributed by atoms with E-state index >= 15 is 0 Å². The molecule has 0 aliphatic carbocycles. The maximum Gasteiger partial charge on any atom is 0.341 e. The molecule has 120 valence electrons. The molecular formula is C18H24O4. The van der Waals surface area contributed by atoms with Crippen LogP contribution in [0.1, 0.15) is 49.5 Å². The fraction of sp³-hybridized carbons (Fsp3) is 0.389. The first-order valence-corrected chi connectivity index (χ1v) is 7.28. The summed E-state index contributed by atoms with van der Waals surface area (Å²) >= 11 is 0. The van der Waals surface area contributed by atoms with Gasteiger partial charge in [0.2, 0.25) is 0 Å². The van der Waals surface area contributed by atoms with Crippen molar-refractivity contribution < 1.29 is 19.7 Å². The van der Waals surface area contributed by atoms with Crippen molar-refractivity contribution in [2.75, 3.05) is 7.11 Å². The predicted octanol–water partition coefficient (Wildman–Crippen LogP) is 4.12. The molecule has 0 radical (unpaired) electrons. The van der Waals surface area contributed by atoms with Gasteiger partial charge < -0.3 is 14.9 Å². The highest BCUT2D eigenvalue weighted by Gasteiger charge is 2.17. The molecule has 0 amide bonds. The summed E-state index contributed by atoms with van der Waals surface area (Å²) in [5.41, 5.74) is 2.85. The van der Waals surface area contributed by atoms with Crippen LogP contribution in [0.4, 0.5) is 0 Å². The Kier molecular flexibility index (Phi) is 6.70. The summed E-state index contributed by atoms with van der Waals surface area (Å²) < 4.78 is 4.61. The van der Waals surface area contributed by atoms with Gasteiger partial charge in [-0.1, -0.05) is 23.3 Å². The number of rotatable bonds is 6. The highest BCUT2D eigenvalue weighted by atomic mass is 16.5. The number of carbonyl (C=O) groups is 1. The van der Waals surface area contributed by atoms with Gasteiger partial charge in [0.25, 0.3) is 0 Å². The topological polar surface area (TPSA) is 66.8 Å². The number of hydrogen-bond donors (Lipinski definition) is 2. The smallest absolute Gasteiger partial charge is 0.341 e. The van der Waals surface area contributed by atoms with Crippen molar-refractivity contribution in [1.29, 1.82) is 0 Å². The molecule has 0 spiro atoms. The molecule has 0 heterocycles. The van der Waals surface area contributed by atoms with Crippen LogP contribution in [0, 0.1) is 0 Å². The molecule has 0 aliphatic rings. The summed E-state index contributed by atoms with van der Waals surface area (Å²) in [6.07, 6.45) is 6.37. The van der Waals surface area contributed by atoms with Gasteiger partial charge in [-0.05, 0) is 52.2 Å². The lowest BCUT2D eigenvalue weighted by molar-refractivity contribution is 0.0597. The summed E-state index contributed by atoms with van der Waals surface area (Å²) in [7, 11) is 1.25. The zero-order chi connectivity index (χ0) is 16.7. The number of aromatic hydroxyl groups is 2. The van der Waals surface area contributed by atoms with E-state index < -0.39 is 5.97 Å². The molecule has 0 unspecified atom stereocenters. The van der Waals surface area contributed by atoms with Crippen molar-refractivity contribution in [1.82, 2.24) is 0 Å². The lowest BCUT2D eigenvalue weighted by atomic mass is 10.0. The van der Waals surface area contributed by atoms with Crippen LogP contribution in [0.3, 0.4) is 0 Å². The van der Waals surface area contributed by atoms with Crippen LogP contribution in [0.5, 0.6) is 11.5 Å². The van der Waals surface area contributed by atoms with Gasteiger partial charge in [0.15, 0.2) is 0 Å². The van der Waals surface area contributed by atoms with Crippen LogP contribution < -0.4 is 0 Å². The van der Waals surface area contributed by atoms with Crippen LogP contribution in [0.25, 0.3) is 0 Å². The molecule has 1 aromatic carbocycles. The number of hydrogen-bond acceptors (Lipinski definition) is 4. The Hall–Kier alpha value is -2.23. The minimum atomic E-state index is -0.622. The molecule has 2 N–H and O–H groups in total. The fourth-order valence-electron chi connectivity index (χ4n) is 2.07. The number of methoxy groups -OCH3 is 1. The number of phenolic OH excluding ortho intramolecular Hbond substituents is 2. The Bertz CT molecular complexity index is 593. The van der Waals surface area contributed by atoms with Crippen molar-refractivity contribution in [3.63, 3.8) is 0 Å². The molecule has 0 aliphatic heterocycles. The number of carbonyl (C=O) groups excluding carboxylic acids is 1. The van der Waals surface area contributed by atoms with E-state index in [2.05, 4.69) is 24.7 Å².